The van der Waals surface area contributed by atoms with Crippen LogP contribution in [0.4, 0.5) is 34.6 Å². The Morgan fingerprint density at radius 2 is 1.17 bits per heavy atom. The highest BCUT2D eigenvalue weighted by Gasteiger charge is 2.23. The molecule has 5 rings (SSSR count). The number of anilines is 2. The molecule has 0 amide bonds. The molecule has 5 heterocycles. The Balaban J connectivity index is 1.55. The van der Waals surface area contributed by atoms with E-state index < -0.39 is 11.9 Å². The van der Waals surface area contributed by atoms with Crippen molar-refractivity contribution in [3.05, 3.63) is 46.3 Å². The van der Waals surface area contributed by atoms with E-state index in [1.54, 1.807) is 19.9 Å². The van der Waals surface area contributed by atoms with Crippen molar-refractivity contribution < 1.29 is 19.8 Å². The van der Waals surface area contributed by atoms with E-state index in [1.807, 2.05) is 13.8 Å². The maximum absolute atomic E-state index is 11.7. The van der Waals surface area contributed by atoms with E-state index in [2.05, 4.69) is 61.0 Å². The number of aromatic amines is 2. The Morgan fingerprint density at radius 3 is 1.54 bits per heavy atom. The minimum absolute atomic E-state index is 0.0271. The Kier molecular flexibility index (Phi) is 9.62. The van der Waals surface area contributed by atoms with Gasteiger partial charge in [-0.25, -0.2) is 19.6 Å². The van der Waals surface area contributed by atoms with E-state index in [4.69, 9.17) is 11.5 Å². The second kappa shape index (κ2) is 14.0. The van der Waals surface area contributed by atoms with Crippen molar-refractivity contribution in [3.63, 3.8) is 0 Å². The van der Waals surface area contributed by atoms with Gasteiger partial charge in [0.25, 0.3) is 0 Å². The highest BCUT2D eigenvalue weighted by atomic mass is 16.4. The Labute approximate surface area is 272 Å². The standard InChI is InChI=1S/C28H34N16O4/c1-5-7-9-15-21(35-39-25-19(27(45)46)13(3)33-37-25)23(29)43(41-15)17-11-18(32-12-31-17)44-24(30)22(16(42-44)10-8-6-2)36-40-26-20(28(47)48)14(4)34-38-26/h11-12H,5-10,29-30H2,1-4H3,(H,33,37)(H,34,38)(H,45,46)(H,47,48). The number of nitrogens with zero attached hydrogens (tertiary/aromatic N) is 12. The third kappa shape index (κ3) is 6.48. The zero-order valence-corrected chi connectivity index (χ0v) is 26.6. The van der Waals surface area contributed by atoms with Crippen LogP contribution in [0.5, 0.6) is 0 Å². The number of carbonyl (C=O) groups is 2. The summed E-state index contributed by atoms with van der Waals surface area (Å²) in [7, 11) is 0. The summed E-state index contributed by atoms with van der Waals surface area (Å²) in [6, 6.07) is 1.57. The molecule has 5 aromatic heterocycles. The van der Waals surface area contributed by atoms with Gasteiger partial charge in [-0.05, 0) is 39.5 Å². The van der Waals surface area contributed by atoms with Gasteiger partial charge >= 0.3 is 11.9 Å². The molecule has 20 nitrogen and oxygen atoms in total. The summed E-state index contributed by atoms with van der Waals surface area (Å²) in [4.78, 5) is 32.1. The summed E-state index contributed by atoms with van der Waals surface area (Å²) in [5.41, 5.74) is 15.0. The highest BCUT2D eigenvalue weighted by molar-refractivity contribution is 5.94. The zero-order chi connectivity index (χ0) is 34.5. The lowest BCUT2D eigenvalue weighted by molar-refractivity contribution is 0.0686. The van der Waals surface area contributed by atoms with E-state index in [9.17, 15) is 19.8 Å². The predicted octanol–water partition coefficient (Wildman–Crippen LogP) is 4.99. The number of hydrogen-bond acceptors (Lipinski definition) is 14. The number of aromatic carboxylic acids is 2. The number of carboxylic acid groups (broad SMARTS) is 2. The van der Waals surface area contributed by atoms with Crippen molar-refractivity contribution in [2.45, 2.75) is 66.2 Å². The number of carboxylic acids is 2. The fraction of sp³-hybridized carbons (Fsp3) is 0.357. The number of nitrogen functional groups attached to an aromatic ring is 2. The average molecular weight is 659 g/mol. The van der Waals surface area contributed by atoms with Gasteiger partial charge in [0.1, 0.15) is 17.5 Å². The lowest BCUT2D eigenvalue weighted by Crippen LogP contribution is -2.09. The third-order valence-electron chi connectivity index (χ3n) is 7.32. The molecule has 8 N–H and O–H groups in total. The van der Waals surface area contributed by atoms with Crippen LogP contribution in [0.15, 0.2) is 32.9 Å². The third-order valence-corrected chi connectivity index (χ3v) is 7.32. The summed E-state index contributed by atoms with van der Waals surface area (Å²) in [6.07, 6.45) is 5.66. The van der Waals surface area contributed by atoms with Crippen LogP contribution >= 0.6 is 0 Å². The van der Waals surface area contributed by atoms with Crippen molar-refractivity contribution >= 4 is 46.6 Å². The SMILES string of the molecule is CCCCc1nn(-c2cc(-n3nc(CCCC)c(N=Nc4[nH]nc(C)c4C(=O)O)c3N)ncn2)c(N)c1N=Nc1[nH]nc(C)c1C(=O)O. The van der Waals surface area contributed by atoms with Gasteiger partial charge < -0.3 is 21.7 Å². The molecule has 0 radical (unpaired) electrons. The predicted molar refractivity (Wildman–Crippen MR) is 171 cm³/mol. The Hall–Kier alpha value is -6.34. The van der Waals surface area contributed by atoms with Gasteiger partial charge in [0.15, 0.2) is 46.3 Å². The van der Waals surface area contributed by atoms with E-state index in [-0.39, 0.29) is 68.8 Å². The topological polar surface area (TPSA) is 295 Å². The molecule has 0 saturated carbocycles. The van der Waals surface area contributed by atoms with Crippen LogP contribution in [0.25, 0.3) is 11.6 Å². The smallest absolute Gasteiger partial charge is 0.341 e. The molecule has 0 atom stereocenters. The van der Waals surface area contributed by atoms with Gasteiger partial charge in [0, 0.05) is 6.07 Å². The molecule has 0 unspecified atom stereocenters. The van der Waals surface area contributed by atoms with Gasteiger partial charge in [-0.15, -0.1) is 20.5 Å². The molecular formula is C28H34N16O4. The lowest BCUT2D eigenvalue weighted by Gasteiger charge is -2.06. The van der Waals surface area contributed by atoms with Gasteiger partial charge in [0.05, 0.1) is 22.8 Å². The van der Waals surface area contributed by atoms with E-state index >= 15 is 0 Å². The number of aryl methyl sites for hydroxylation is 4. The number of hydrogen-bond donors (Lipinski definition) is 6. The van der Waals surface area contributed by atoms with Gasteiger partial charge in [0.2, 0.25) is 0 Å². The second-order valence-electron chi connectivity index (χ2n) is 10.7. The van der Waals surface area contributed by atoms with Crippen molar-refractivity contribution in [3.8, 4) is 11.6 Å². The summed E-state index contributed by atoms with van der Waals surface area (Å²) >= 11 is 0. The Morgan fingerprint density at radius 1 is 0.750 bits per heavy atom. The minimum Gasteiger partial charge on any atom is -0.477 e. The van der Waals surface area contributed by atoms with E-state index in [0.717, 1.165) is 25.7 Å². The number of azo groups is 2. The molecule has 0 saturated heterocycles. The molecule has 0 aliphatic heterocycles. The second-order valence-corrected chi connectivity index (χ2v) is 10.7. The van der Waals surface area contributed by atoms with Crippen LogP contribution in [0.1, 0.15) is 83.0 Å². The maximum Gasteiger partial charge on any atom is 0.341 e. The molecule has 0 fully saturated rings. The maximum atomic E-state index is 11.7. The monoisotopic (exact) mass is 658 g/mol. The van der Waals surface area contributed by atoms with Crippen LogP contribution in [0, 0.1) is 13.8 Å². The van der Waals surface area contributed by atoms with Crippen molar-refractivity contribution in [2.24, 2.45) is 20.5 Å². The summed E-state index contributed by atoms with van der Waals surface area (Å²) < 4.78 is 2.76. The molecule has 5 aromatic rings. The van der Waals surface area contributed by atoms with Crippen LogP contribution < -0.4 is 11.5 Å². The quantitative estimate of drug-likeness (QED) is 0.0860. The number of unbranched alkanes of at least 4 members (excludes halogenated alkanes) is 2. The first-order valence-electron chi connectivity index (χ1n) is 15.0. The lowest BCUT2D eigenvalue weighted by atomic mass is 10.2. The molecule has 0 aliphatic carbocycles. The molecule has 0 bridgehead atoms. The number of nitrogens with two attached hydrogens (primary N) is 2. The first-order valence-corrected chi connectivity index (χ1v) is 15.0. The van der Waals surface area contributed by atoms with Crippen molar-refractivity contribution in [1.82, 2.24) is 49.9 Å². The van der Waals surface area contributed by atoms with Crippen LogP contribution in [0.2, 0.25) is 0 Å². The number of nitrogens with one attached hydrogen (secondary N) is 2. The highest BCUT2D eigenvalue weighted by Crippen LogP contribution is 2.35. The fourth-order valence-electron chi connectivity index (χ4n) is 4.80. The first kappa shape index (κ1) is 33.0. The molecular weight excluding hydrogens is 624 g/mol. The summed E-state index contributed by atoms with van der Waals surface area (Å²) in [5.74, 6) is -1.68. The molecule has 0 spiro atoms. The molecule has 48 heavy (non-hydrogen) atoms. The van der Waals surface area contributed by atoms with Crippen molar-refractivity contribution in [1.29, 1.82) is 0 Å². The number of H-pyrrole nitrogens is 2. The van der Waals surface area contributed by atoms with Crippen LogP contribution in [0.3, 0.4) is 0 Å². The van der Waals surface area contributed by atoms with Crippen LogP contribution in [-0.2, 0) is 12.8 Å². The largest absolute Gasteiger partial charge is 0.477 e. The minimum atomic E-state index is -1.19. The van der Waals surface area contributed by atoms with Gasteiger partial charge in [-0.2, -0.15) is 29.8 Å². The zero-order valence-electron chi connectivity index (χ0n) is 26.6. The van der Waals surface area contributed by atoms with Gasteiger partial charge in [-0.3, -0.25) is 10.2 Å². The molecule has 250 valence electrons. The average Bonchev–Trinajstić information content (AvgIpc) is 3.80. The fourth-order valence-corrected chi connectivity index (χ4v) is 4.80. The summed E-state index contributed by atoms with van der Waals surface area (Å²) in [6.45, 7) is 7.15. The molecule has 20 heteroatoms. The van der Waals surface area contributed by atoms with E-state index in [1.165, 1.54) is 15.7 Å². The molecule has 0 aromatic carbocycles. The van der Waals surface area contributed by atoms with Gasteiger partial charge in [-0.1, -0.05) is 26.7 Å². The van der Waals surface area contributed by atoms with Crippen LogP contribution in [-0.4, -0.2) is 72.1 Å². The number of rotatable bonds is 14. The molecule has 0 aliphatic rings. The normalized spacial score (nSPS) is 11.8. The van der Waals surface area contributed by atoms with E-state index in [0.29, 0.717) is 24.2 Å². The summed E-state index contributed by atoms with van der Waals surface area (Å²) in [5, 5.41) is 58.1. The van der Waals surface area contributed by atoms with Crippen molar-refractivity contribution in [2.75, 3.05) is 11.5 Å². The number of aromatic nitrogens is 10. The first-order chi connectivity index (χ1) is 23.0. The Bertz CT molecular complexity index is 1890.